The minimum absolute atomic E-state index is 0.0215. The number of ether oxygens (including phenoxy) is 1. The molecule has 9 nitrogen and oxygen atoms in total. The molecule has 0 bridgehead atoms. The van der Waals surface area contributed by atoms with E-state index in [2.05, 4.69) is 25.3 Å². The predicted molar refractivity (Wildman–Crippen MR) is 107 cm³/mol. The number of carbonyl (C=O) groups excluding carboxylic acids is 1. The predicted octanol–water partition coefficient (Wildman–Crippen LogP) is 1.55. The van der Waals surface area contributed by atoms with Crippen LogP contribution in [0.2, 0.25) is 0 Å². The third-order valence-electron chi connectivity index (χ3n) is 4.31. The molecule has 0 aliphatic rings. The standard InChI is InChI=1S/C20H16FN5O4/c21-12-9-11(14-10-15-17(24-14)19(28)26-20(29)25-15)4-5-16(12)30-8-7-23-18(27)13-3-1-2-6-22-13/h1-6,9-10,24H,7-8H2,(H,23,27)(H2,25,26,28,29). The second kappa shape index (κ2) is 8.03. The van der Waals surface area contributed by atoms with Gasteiger partial charge in [-0.3, -0.25) is 19.6 Å². The van der Waals surface area contributed by atoms with Gasteiger partial charge in [0.25, 0.3) is 11.5 Å². The number of nitrogens with zero attached hydrogens (tertiary/aromatic N) is 1. The van der Waals surface area contributed by atoms with Gasteiger partial charge in [0.05, 0.1) is 12.1 Å². The van der Waals surface area contributed by atoms with Crippen molar-refractivity contribution >= 4 is 16.9 Å². The second-order valence-electron chi connectivity index (χ2n) is 6.34. The Hall–Kier alpha value is -4.21. The molecule has 0 radical (unpaired) electrons. The highest BCUT2D eigenvalue weighted by molar-refractivity contribution is 5.92. The number of H-pyrrole nitrogens is 3. The lowest BCUT2D eigenvalue weighted by atomic mass is 10.1. The van der Waals surface area contributed by atoms with E-state index in [-0.39, 0.29) is 36.0 Å². The third-order valence-corrected chi connectivity index (χ3v) is 4.31. The smallest absolute Gasteiger partial charge is 0.326 e. The van der Waals surface area contributed by atoms with Gasteiger partial charge in [0, 0.05) is 17.5 Å². The minimum atomic E-state index is -0.622. The van der Waals surface area contributed by atoms with Crippen LogP contribution in [0.4, 0.5) is 4.39 Å². The Kier molecular flexibility index (Phi) is 5.12. The molecule has 0 unspecified atom stereocenters. The monoisotopic (exact) mass is 409 g/mol. The quantitative estimate of drug-likeness (QED) is 0.359. The summed E-state index contributed by atoms with van der Waals surface area (Å²) in [5.41, 5.74) is 0.546. The molecule has 0 atom stereocenters. The lowest BCUT2D eigenvalue weighted by Gasteiger charge is -2.09. The van der Waals surface area contributed by atoms with Crippen molar-refractivity contribution < 1.29 is 13.9 Å². The fourth-order valence-corrected chi connectivity index (χ4v) is 2.91. The van der Waals surface area contributed by atoms with Crippen molar-refractivity contribution in [3.05, 3.63) is 81.0 Å². The molecule has 4 N–H and O–H groups in total. The van der Waals surface area contributed by atoms with Crippen LogP contribution in [0, 0.1) is 5.82 Å². The molecule has 3 aromatic heterocycles. The number of halogens is 1. The number of hydrogen-bond donors (Lipinski definition) is 4. The second-order valence-corrected chi connectivity index (χ2v) is 6.34. The summed E-state index contributed by atoms with van der Waals surface area (Å²) in [5, 5.41) is 2.64. The van der Waals surface area contributed by atoms with Gasteiger partial charge in [0.1, 0.15) is 17.8 Å². The van der Waals surface area contributed by atoms with Crippen LogP contribution >= 0.6 is 0 Å². The number of hydrogen-bond acceptors (Lipinski definition) is 5. The van der Waals surface area contributed by atoms with E-state index in [1.54, 1.807) is 30.3 Å². The molecule has 4 rings (SSSR count). The molecular formula is C20H16FN5O4. The van der Waals surface area contributed by atoms with Gasteiger partial charge in [-0.05, 0) is 36.4 Å². The first-order valence-corrected chi connectivity index (χ1v) is 8.98. The number of amides is 1. The Morgan fingerprint density at radius 1 is 1.10 bits per heavy atom. The summed E-state index contributed by atoms with van der Waals surface area (Å²) in [6.45, 7) is 0.243. The van der Waals surface area contributed by atoms with Crippen LogP contribution in [-0.4, -0.2) is 39.0 Å². The van der Waals surface area contributed by atoms with Crippen molar-refractivity contribution in [2.75, 3.05) is 13.2 Å². The van der Waals surface area contributed by atoms with Crippen LogP contribution in [0.5, 0.6) is 5.75 Å². The number of nitrogens with one attached hydrogen (secondary N) is 4. The summed E-state index contributed by atoms with van der Waals surface area (Å²) < 4.78 is 19.8. The lowest BCUT2D eigenvalue weighted by molar-refractivity contribution is 0.0942. The summed E-state index contributed by atoms with van der Waals surface area (Å²) in [5.74, 6) is -0.931. The Morgan fingerprint density at radius 2 is 1.97 bits per heavy atom. The van der Waals surface area contributed by atoms with E-state index in [1.165, 1.54) is 18.3 Å². The number of rotatable bonds is 6. The van der Waals surface area contributed by atoms with Crippen molar-refractivity contribution in [1.82, 2.24) is 25.3 Å². The number of carbonyl (C=O) groups is 1. The van der Waals surface area contributed by atoms with Gasteiger partial charge >= 0.3 is 5.69 Å². The van der Waals surface area contributed by atoms with Crippen molar-refractivity contribution in [1.29, 1.82) is 0 Å². The average Bonchev–Trinajstić information content (AvgIpc) is 3.17. The summed E-state index contributed by atoms with van der Waals surface area (Å²) >= 11 is 0. The molecule has 0 spiro atoms. The van der Waals surface area contributed by atoms with Gasteiger partial charge in [0.2, 0.25) is 0 Å². The first-order chi connectivity index (χ1) is 14.5. The first kappa shape index (κ1) is 19.1. The molecule has 3 heterocycles. The maximum atomic E-state index is 14.4. The molecule has 30 heavy (non-hydrogen) atoms. The van der Waals surface area contributed by atoms with Gasteiger partial charge in [-0.25, -0.2) is 9.18 Å². The summed E-state index contributed by atoms with van der Waals surface area (Å²) in [7, 11) is 0. The Balaban J connectivity index is 1.41. The highest BCUT2D eigenvalue weighted by Gasteiger charge is 2.11. The van der Waals surface area contributed by atoms with Gasteiger partial charge in [-0.15, -0.1) is 0 Å². The molecule has 0 fully saturated rings. The summed E-state index contributed by atoms with van der Waals surface area (Å²) in [6.07, 6.45) is 1.52. The van der Waals surface area contributed by atoms with Crippen LogP contribution in [0.15, 0.2) is 58.3 Å². The van der Waals surface area contributed by atoms with Crippen LogP contribution in [0.25, 0.3) is 22.3 Å². The molecule has 1 amide bonds. The SMILES string of the molecule is O=C(NCCOc1ccc(-c2cc3[nH]c(=O)[nH]c(=O)c3[nH]2)cc1F)c1ccccn1. The van der Waals surface area contributed by atoms with Crippen molar-refractivity contribution in [3.8, 4) is 17.0 Å². The Bertz CT molecular complexity index is 1330. The molecule has 0 saturated heterocycles. The molecule has 10 heteroatoms. The number of pyridine rings is 1. The zero-order valence-electron chi connectivity index (χ0n) is 15.5. The fraction of sp³-hybridized carbons (Fsp3) is 0.100. The van der Waals surface area contributed by atoms with E-state index < -0.39 is 17.1 Å². The van der Waals surface area contributed by atoms with Gasteiger partial charge < -0.3 is 20.0 Å². The molecule has 4 aromatic rings. The number of aromatic nitrogens is 4. The zero-order valence-corrected chi connectivity index (χ0v) is 15.5. The maximum absolute atomic E-state index is 14.4. The van der Waals surface area contributed by atoms with Crippen molar-refractivity contribution in [2.24, 2.45) is 0 Å². The molecule has 0 aliphatic heterocycles. The number of fused-ring (bicyclic) bond motifs is 1. The highest BCUT2D eigenvalue weighted by atomic mass is 19.1. The summed E-state index contributed by atoms with van der Waals surface area (Å²) in [6, 6.07) is 10.9. The highest BCUT2D eigenvalue weighted by Crippen LogP contribution is 2.26. The zero-order chi connectivity index (χ0) is 21.1. The van der Waals surface area contributed by atoms with E-state index in [4.69, 9.17) is 4.74 Å². The van der Waals surface area contributed by atoms with Gasteiger partial charge in [-0.1, -0.05) is 6.07 Å². The molecule has 0 saturated carbocycles. The summed E-state index contributed by atoms with van der Waals surface area (Å²) in [4.78, 5) is 46.5. The normalized spacial score (nSPS) is 10.8. The average molecular weight is 409 g/mol. The van der Waals surface area contributed by atoms with Crippen LogP contribution in [0.3, 0.4) is 0 Å². The molecule has 1 aromatic carbocycles. The van der Waals surface area contributed by atoms with E-state index in [0.29, 0.717) is 16.8 Å². The van der Waals surface area contributed by atoms with Crippen LogP contribution in [-0.2, 0) is 0 Å². The van der Waals surface area contributed by atoms with Gasteiger partial charge in [-0.2, -0.15) is 0 Å². The van der Waals surface area contributed by atoms with Crippen molar-refractivity contribution in [2.45, 2.75) is 0 Å². The number of aromatic amines is 3. The van der Waals surface area contributed by atoms with E-state index in [1.807, 2.05) is 0 Å². The van der Waals surface area contributed by atoms with E-state index >= 15 is 0 Å². The van der Waals surface area contributed by atoms with Crippen LogP contribution in [0.1, 0.15) is 10.5 Å². The van der Waals surface area contributed by atoms with Gasteiger partial charge in [0.15, 0.2) is 11.6 Å². The first-order valence-electron chi connectivity index (χ1n) is 8.98. The van der Waals surface area contributed by atoms with E-state index in [0.717, 1.165) is 0 Å². The lowest BCUT2D eigenvalue weighted by Crippen LogP contribution is -2.28. The fourth-order valence-electron chi connectivity index (χ4n) is 2.91. The maximum Gasteiger partial charge on any atom is 0.326 e. The third kappa shape index (κ3) is 3.97. The molecular weight excluding hydrogens is 393 g/mol. The molecule has 152 valence electrons. The largest absolute Gasteiger partial charge is 0.489 e. The van der Waals surface area contributed by atoms with Crippen LogP contribution < -0.4 is 21.3 Å². The minimum Gasteiger partial charge on any atom is -0.489 e. The Morgan fingerprint density at radius 3 is 2.73 bits per heavy atom. The van der Waals surface area contributed by atoms with Crippen molar-refractivity contribution in [3.63, 3.8) is 0 Å². The van der Waals surface area contributed by atoms with E-state index in [9.17, 15) is 18.8 Å². The number of benzene rings is 1. The Labute approximate surface area is 168 Å². The topological polar surface area (TPSA) is 133 Å². The molecule has 0 aliphatic carbocycles.